The highest BCUT2D eigenvalue weighted by molar-refractivity contribution is 6.09. The molecule has 27 heavy (non-hydrogen) atoms. The molecule has 1 heterocycles. The highest BCUT2D eigenvalue weighted by Crippen LogP contribution is 2.33. The van der Waals surface area contributed by atoms with Crippen molar-refractivity contribution >= 4 is 28.1 Å². The number of ether oxygens (including phenoxy) is 1. The molecule has 3 rings (SSSR count). The number of aliphatic hydroxyl groups is 1. The molecule has 0 atom stereocenters. The van der Waals surface area contributed by atoms with Gasteiger partial charge in [0.05, 0.1) is 23.4 Å². The summed E-state index contributed by atoms with van der Waals surface area (Å²) < 4.78 is 5.55. The number of pyridine rings is 1. The summed E-state index contributed by atoms with van der Waals surface area (Å²) in [6.45, 7) is 4.17. The molecular formula is C22H24N2O3. The fourth-order valence-corrected chi connectivity index (χ4v) is 2.98. The van der Waals surface area contributed by atoms with Gasteiger partial charge in [-0.25, -0.2) is 0 Å². The van der Waals surface area contributed by atoms with Crippen LogP contribution in [0.2, 0.25) is 0 Å². The van der Waals surface area contributed by atoms with Crippen LogP contribution >= 0.6 is 0 Å². The van der Waals surface area contributed by atoms with Crippen LogP contribution in [0.15, 0.2) is 48.7 Å². The van der Waals surface area contributed by atoms with Crippen LogP contribution in [0, 0.1) is 6.92 Å². The van der Waals surface area contributed by atoms with E-state index in [9.17, 15) is 4.79 Å². The van der Waals surface area contributed by atoms with Gasteiger partial charge < -0.3 is 15.2 Å². The van der Waals surface area contributed by atoms with Crippen LogP contribution in [0.4, 0.5) is 11.4 Å². The van der Waals surface area contributed by atoms with Gasteiger partial charge in [0.15, 0.2) is 5.78 Å². The Morgan fingerprint density at radius 1 is 1.22 bits per heavy atom. The normalized spacial score (nSPS) is 10.8. The average Bonchev–Trinajstić information content (AvgIpc) is 2.68. The van der Waals surface area contributed by atoms with Crippen LogP contribution in [0.25, 0.3) is 10.9 Å². The Hall–Kier alpha value is -2.92. The number of carbonyl (C=O) groups excluding carboxylic acids is 1. The molecule has 1 aromatic heterocycles. The van der Waals surface area contributed by atoms with Gasteiger partial charge in [0.25, 0.3) is 0 Å². The first kappa shape index (κ1) is 18.9. The first-order valence-electron chi connectivity index (χ1n) is 9.16. The number of fused-ring (bicyclic) bond motifs is 1. The lowest BCUT2D eigenvalue weighted by atomic mass is 10.0. The number of ketones is 1. The molecule has 0 radical (unpaired) electrons. The Kier molecular flexibility index (Phi) is 6.04. The van der Waals surface area contributed by atoms with Crippen LogP contribution in [-0.4, -0.2) is 29.1 Å². The highest BCUT2D eigenvalue weighted by atomic mass is 16.5. The van der Waals surface area contributed by atoms with Gasteiger partial charge in [-0.2, -0.15) is 0 Å². The lowest BCUT2D eigenvalue weighted by Crippen LogP contribution is -2.07. The fourth-order valence-electron chi connectivity index (χ4n) is 2.98. The standard InChI is InChI=1S/C22H24N2O3/c1-3-6-21(26)18-14-23-20-10-9-16(27-12-11-25)13-17(20)22(18)24-19-8-5-4-7-15(19)2/h4-5,7-10,13-14,25H,3,6,11-12H2,1-2H3,(H,23,24). The number of anilines is 2. The minimum atomic E-state index is -0.0559. The van der Waals surface area contributed by atoms with Crippen molar-refractivity contribution in [1.29, 1.82) is 0 Å². The van der Waals surface area contributed by atoms with Crippen LogP contribution in [0.5, 0.6) is 5.75 Å². The lowest BCUT2D eigenvalue weighted by molar-refractivity contribution is 0.0982. The number of hydrogen-bond donors (Lipinski definition) is 2. The average molecular weight is 364 g/mol. The Balaban J connectivity index is 2.15. The Morgan fingerprint density at radius 2 is 2.04 bits per heavy atom. The molecule has 0 saturated heterocycles. The van der Waals surface area contributed by atoms with Gasteiger partial charge in [0.1, 0.15) is 12.4 Å². The Labute approximate surface area is 159 Å². The summed E-state index contributed by atoms with van der Waals surface area (Å²) in [6, 6.07) is 13.5. The number of para-hydroxylation sites is 1. The molecule has 0 saturated carbocycles. The summed E-state index contributed by atoms with van der Waals surface area (Å²) in [5.41, 5.74) is 4.12. The van der Waals surface area contributed by atoms with E-state index in [1.165, 1.54) is 0 Å². The van der Waals surface area contributed by atoms with E-state index < -0.39 is 0 Å². The number of Topliss-reactive ketones (excluding diaryl/α,β-unsaturated/α-hetero) is 1. The number of carbonyl (C=O) groups is 1. The summed E-state index contributed by atoms with van der Waals surface area (Å²) in [4.78, 5) is 17.2. The summed E-state index contributed by atoms with van der Waals surface area (Å²) in [5.74, 6) is 0.691. The monoisotopic (exact) mass is 364 g/mol. The number of aryl methyl sites for hydroxylation is 1. The van der Waals surface area contributed by atoms with Crippen molar-refractivity contribution in [3.8, 4) is 5.75 Å². The molecule has 0 unspecified atom stereocenters. The molecule has 0 aliphatic rings. The van der Waals surface area contributed by atoms with Gasteiger partial charge in [0.2, 0.25) is 0 Å². The topological polar surface area (TPSA) is 71.5 Å². The van der Waals surface area contributed by atoms with Gasteiger partial charge in [-0.1, -0.05) is 25.1 Å². The molecule has 0 bridgehead atoms. The van der Waals surface area contributed by atoms with E-state index in [0.717, 1.165) is 34.3 Å². The highest BCUT2D eigenvalue weighted by Gasteiger charge is 2.16. The molecule has 0 spiro atoms. The van der Waals surface area contributed by atoms with E-state index in [-0.39, 0.29) is 19.0 Å². The van der Waals surface area contributed by atoms with E-state index >= 15 is 0 Å². The zero-order chi connectivity index (χ0) is 19.2. The number of aliphatic hydroxyl groups excluding tert-OH is 1. The number of benzene rings is 2. The molecule has 2 N–H and O–H groups in total. The fraction of sp³-hybridized carbons (Fsp3) is 0.273. The zero-order valence-electron chi connectivity index (χ0n) is 15.7. The van der Waals surface area contributed by atoms with Gasteiger partial charge in [-0.15, -0.1) is 0 Å². The predicted molar refractivity (Wildman–Crippen MR) is 108 cm³/mol. The number of rotatable bonds is 8. The van der Waals surface area contributed by atoms with Crippen LogP contribution in [-0.2, 0) is 0 Å². The van der Waals surface area contributed by atoms with E-state index in [0.29, 0.717) is 17.7 Å². The molecule has 0 fully saturated rings. The number of nitrogens with zero attached hydrogens (tertiary/aromatic N) is 1. The molecule has 3 aromatic rings. The molecule has 5 nitrogen and oxygen atoms in total. The zero-order valence-corrected chi connectivity index (χ0v) is 15.7. The van der Waals surface area contributed by atoms with Crippen LogP contribution in [0.3, 0.4) is 0 Å². The van der Waals surface area contributed by atoms with Crippen molar-refractivity contribution in [2.45, 2.75) is 26.7 Å². The SMILES string of the molecule is CCCC(=O)c1cnc2ccc(OCCO)cc2c1Nc1ccccc1C. The van der Waals surface area contributed by atoms with E-state index in [1.807, 2.05) is 56.3 Å². The molecule has 5 heteroatoms. The van der Waals surface area contributed by atoms with Crippen LogP contribution in [0.1, 0.15) is 35.7 Å². The second-order valence-corrected chi connectivity index (χ2v) is 6.41. The molecule has 2 aromatic carbocycles. The molecule has 0 aliphatic carbocycles. The molecule has 0 aliphatic heterocycles. The molecule has 140 valence electrons. The quantitative estimate of drug-likeness (QED) is 0.570. The van der Waals surface area contributed by atoms with E-state index in [4.69, 9.17) is 9.84 Å². The molecular weight excluding hydrogens is 340 g/mol. The van der Waals surface area contributed by atoms with Gasteiger partial charge in [-0.3, -0.25) is 9.78 Å². The van der Waals surface area contributed by atoms with Gasteiger partial charge >= 0.3 is 0 Å². The third-order valence-electron chi connectivity index (χ3n) is 4.38. The maximum absolute atomic E-state index is 12.7. The largest absolute Gasteiger partial charge is 0.491 e. The summed E-state index contributed by atoms with van der Waals surface area (Å²) >= 11 is 0. The third-order valence-corrected chi connectivity index (χ3v) is 4.38. The number of nitrogens with one attached hydrogen (secondary N) is 1. The lowest BCUT2D eigenvalue weighted by Gasteiger charge is -2.16. The van der Waals surface area contributed by atoms with Crippen molar-refractivity contribution in [3.05, 3.63) is 59.8 Å². The maximum atomic E-state index is 12.7. The minimum absolute atomic E-state index is 0.0559. The number of aromatic nitrogens is 1. The number of hydrogen-bond acceptors (Lipinski definition) is 5. The molecule has 0 amide bonds. The second-order valence-electron chi connectivity index (χ2n) is 6.41. The summed E-state index contributed by atoms with van der Waals surface area (Å²) in [5, 5.41) is 13.3. The smallest absolute Gasteiger partial charge is 0.166 e. The van der Waals surface area contributed by atoms with E-state index in [1.54, 1.807) is 6.20 Å². The maximum Gasteiger partial charge on any atom is 0.166 e. The first-order chi connectivity index (χ1) is 13.1. The summed E-state index contributed by atoms with van der Waals surface area (Å²) in [7, 11) is 0. The second kappa shape index (κ2) is 8.64. The van der Waals surface area contributed by atoms with Crippen molar-refractivity contribution < 1.29 is 14.6 Å². The van der Waals surface area contributed by atoms with Gasteiger partial charge in [-0.05, 0) is 43.2 Å². The van der Waals surface area contributed by atoms with Crippen LogP contribution < -0.4 is 10.1 Å². The van der Waals surface area contributed by atoms with Crippen molar-refractivity contribution in [1.82, 2.24) is 4.98 Å². The Bertz CT molecular complexity index is 953. The minimum Gasteiger partial charge on any atom is -0.491 e. The summed E-state index contributed by atoms with van der Waals surface area (Å²) in [6.07, 6.45) is 2.89. The predicted octanol–water partition coefficient (Wildman–Crippen LogP) is 4.64. The van der Waals surface area contributed by atoms with Crippen molar-refractivity contribution in [3.63, 3.8) is 0 Å². The van der Waals surface area contributed by atoms with E-state index in [2.05, 4.69) is 10.3 Å². The van der Waals surface area contributed by atoms with Gasteiger partial charge in [0, 0.05) is 23.7 Å². The first-order valence-corrected chi connectivity index (χ1v) is 9.16. The van der Waals surface area contributed by atoms with Crippen molar-refractivity contribution in [2.24, 2.45) is 0 Å². The Morgan fingerprint density at radius 3 is 2.78 bits per heavy atom. The third kappa shape index (κ3) is 4.26. The van der Waals surface area contributed by atoms with Crippen molar-refractivity contribution in [2.75, 3.05) is 18.5 Å².